The number of hydrogen-bond acceptors (Lipinski definition) is 5. The summed E-state index contributed by atoms with van der Waals surface area (Å²) in [6.07, 6.45) is 0. The first-order valence-electron chi connectivity index (χ1n) is 10.6. The van der Waals surface area contributed by atoms with Crippen LogP contribution in [-0.4, -0.2) is 32.5 Å². The fourth-order valence-electron chi connectivity index (χ4n) is 3.13. The zero-order valence-corrected chi connectivity index (χ0v) is 20.3. The van der Waals surface area contributed by atoms with E-state index in [1.807, 2.05) is 6.92 Å². The molecule has 0 bridgehead atoms. The van der Waals surface area contributed by atoms with Crippen molar-refractivity contribution in [2.45, 2.75) is 25.7 Å². The number of sulfonamides is 1. The molecule has 0 fully saturated rings. The Labute approximate surface area is 203 Å². The van der Waals surface area contributed by atoms with E-state index in [9.17, 15) is 22.4 Å². The number of carbonyl (C=O) groups is 2. The summed E-state index contributed by atoms with van der Waals surface area (Å²) in [5.41, 5.74) is 5.39. The van der Waals surface area contributed by atoms with Gasteiger partial charge in [-0.05, 0) is 67.9 Å². The fraction of sp³-hybridized carbons (Fsp3) is 0.160. The molecule has 8 nitrogen and oxygen atoms in total. The van der Waals surface area contributed by atoms with Crippen molar-refractivity contribution >= 4 is 38.9 Å². The molecule has 0 atom stereocenters. The van der Waals surface area contributed by atoms with Crippen LogP contribution in [0.3, 0.4) is 0 Å². The van der Waals surface area contributed by atoms with E-state index >= 15 is 0 Å². The molecule has 0 saturated heterocycles. The smallest absolute Gasteiger partial charge is 0.264 e. The minimum Gasteiger partial charge on any atom is -0.326 e. The van der Waals surface area contributed by atoms with Crippen LogP contribution in [0.15, 0.2) is 82.8 Å². The Bertz CT molecular complexity index is 1340. The van der Waals surface area contributed by atoms with Crippen LogP contribution < -0.4 is 15.0 Å². The number of amides is 2. The minimum atomic E-state index is -4.16. The van der Waals surface area contributed by atoms with E-state index in [2.05, 4.69) is 15.8 Å². The largest absolute Gasteiger partial charge is 0.326 e. The van der Waals surface area contributed by atoms with Crippen molar-refractivity contribution in [1.29, 1.82) is 0 Å². The van der Waals surface area contributed by atoms with E-state index in [1.165, 1.54) is 6.92 Å². The monoisotopic (exact) mass is 496 g/mol. The predicted octanol–water partition coefficient (Wildman–Crippen LogP) is 3.83. The number of carbonyl (C=O) groups excluding carboxylic acids is 2. The molecule has 0 aliphatic carbocycles. The maximum absolute atomic E-state index is 13.3. The van der Waals surface area contributed by atoms with Gasteiger partial charge in [0.2, 0.25) is 5.91 Å². The third kappa shape index (κ3) is 6.73. The van der Waals surface area contributed by atoms with E-state index < -0.39 is 28.3 Å². The summed E-state index contributed by atoms with van der Waals surface area (Å²) in [6, 6.07) is 17.9. The van der Waals surface area contributed by atoms with Crippen LogP contribution in [0, 0.1) is 12.7 Å². The lowest BCUT2D eigenvalue weighted by atomic mass is 10.1. The summed E-state index contributed by atoms with van der Waals surface area (Å²) in [4.78, 5) is 23.7. The zero-order chi connectivity index (χ0) is 25.6. The number of anilines is 2. The summed E-state index contributed by atoms with van der Waals surface area (Å²) in [5, 5.41) is 6.73. The molecule has 0 heterocycles. The van der Waals surface area contributed by atoms with E-state index in [4.69, 9.17) is 0 Å². The first-order valence-corrected chi connectivity index (χ1v) is 12.1. The lowest BCUT2D eigenvalue weighted by Crippen LogP contribution is -2.39. The lowest BCUT2D eigenvalue weighted by Gasteiger charge is -2.24. The number of halogens is 1. The number of benzene rings is 3. The highest BCUT2D eigenvalue weighted by atomic mass is 32.2. The Morgan fingerprint density at radius 3 is 2.09 bits per heavy atom. The van der Waals surface area contributed by atoms with Gasteiger partial charge in [-0.1, -0.05) is 29.8 Å². The van der Waals surface area contributed by atoms with Gasteiger partial charge < -0.3 is 5.32 Å². The Kier molecular flexibility index (Phi) is 7.98. The normalized spacial score (nSPS) is 11.6. The molecule has 0 saturated carbocycles. The summed E-state index contributed by atoms with van der Waals surface area (Å²) >= 11 is 0. The Morgan fingerprint density at radius 1 is 0.914 bits per heavy atom. The molecular weight excluding hydrogens is 471 g/mol. The highest BCUT2D eigenvalue weighted by molar-refractivity contribution is 7.92. The minimum absolute atomic E-state index is 0.147. The highest BCUT2D eigenvalue weighted by Crippen LogP contribution is 2.24. The van der Waals surface area contributed by atoms with Crippen molar-refractivity contribution in [3.8, 4) is 0 Å². The topological polar surface area (TPSA) is 108 Å². The number of nitrogens with zero attached hydrogens (tertiary/aromatic N) is 2. The predicted molar refractivity (Wildman–Crippen MR) is 133 cm³/mol. The summed E-state index contributed by atoms with van der Waals surface area (Å²) in [5.74, 6) is -1.42. The zero-order valence-electron chi connectivity index (χ0n) is 19.4. The second-order valence-electron chi connectivity index (χ2n) is 7.79. The number of aryl methyl sites for hydroxylation is 1. The summed E-state index contributed by atoms with van der Waals surface area (Å²) in [7, 11) is -4.16. The van der Waals surface area contributed by atoms with Crippen molar-refractivity contribution < 1.29 is 22.4 Å². The van der Waals surface area contributed by atoms with Crippen LogP contribution in [0.2, 0.25) is 0 Å². The summed E-state index contributed by atoms with van der Waals surface area (Å²) in [6.45, 7) is 4.41. The molecule has 182 valence electrons. The van der Waals surface area contributed by atoms with Crippen LogP contribution in [0.5, 0.6) is 0 Å². The van der Waals surface area contributed by atoms with Crippen molar-refractivity contribution in [3.63, 3.8) is 0 Å². The number of rotatable bonds is 8. The maximum atomic E-state index is 13.3. The van der Waals surface area contributed by atoms with E-state index in [0.29, 0.717) is 17.0 Å². The average molecular weight is 497 g/mol. The van der Waals surface area contributed by atoms with Crippen molar-refractivity contribution in [2.24, 2.45) is 5.10 Å². The van der Waals surface area contributed by atoms with Crippen molar-refractivity contribution in [2.75, 3.05) is 16.2 Å². The van der Waals surface area contributed by atoms with Gasteiger partial charge >= 0.3 is 0 Å². The Morgan fingerprint density at radius 2 is 1.51 bits per heavy atom. The van der Waals surface area contributed by atoms with Gasteiger partial charge in [0.15, 0.2) is 0 Å². The van der Waals surface area contributed by atoms with Gasteiger partial charge in [0.1, 0.15) is 12.4 Å². The number of hydrazone groups is 1. The number of nitrogens with one attached hydrogen (secondary N) is 2. The van der Waals surface area contributed by atoms with Crippen LogP contribution in [0.1, 0.15) is 25.0 Å². The number of hydrogen-bond donors (Lipinski definition) is 2. The molecule has 0 unspecified atom stereocenters. The Hall–Kier alpha value is -4.05. The standard InChI is InChI=1S/C25H25FN4O4S/c1-17-4-12-23(13-5-17)30(35(33,34)24-14-8-21(26)9-15-24)16-25(32)29-28-18(2)20-6-10-22(11-7-20)27-19(3)31/h4-15H,16H2,1-3H3,(H,27,31)(H,29,32)/b28-18-. The first kappa shape index (κ1) is 25.6. The Balaban J connectivity index is 1.80. The van der Waals surface area contributed by atoms with Crippen LogP contribution >= 0.6 is 0 Å². The second-order valence-corrected chi connectivity index (χ2v) is 9.65. The second kappa shape index (κ2) is 10.9. The van der Waals surface area contributed by atoms with E-state index in [0.717, 1.165) is 34.1 Å². The molecule has 10 heteroatoms. The van der Waals surface area contributed by atoms with Gasteiger partial charge in [0.05, 0.1) is 16.3 Å². The van der Waals surface area contributed by atoms with Crippen molar-refractivity contribution in [1.82, 2.24) is 5.43 Å². The maximum Gasteiger partial charge on any atom is 0.264 e. The molecule has 0 aromatic heterocycles. The molecular formula is C25H25FN4O4S. The molecule has 0 spiro atoms. The highest BCUT2D eigenvalue weighted by Gasteiger charge is 2.27. The molecule has 0 aliphatic rings. The van der Waals surface area contributed by atoms with Gasteiger partial charge in [-0.3, -0.25) is 13.9 Å². The van der Waals surface area contributed by atoms with Crippen LogP contribution in [0.4, 0.5) is 15.8 Å². The molecule has 2 N–H and O–H groups in total. The van der Waals surface area contributed by atoms with Crippen molar-refractivity contribution in [3.05, 3.63) is 89.7 Å². The quantitative estimate of drug-likeness (QED) is 0.365. The molecule has 0 aliphatic heterocycles. The van der Waals surface area contributed by atoms with Crippen LogP contribution in [-0.2, 0) is 19.6 Å². The third-order valence-corrected chi connectivity index (χ3v) is 6.77. The first-order chi connectivity index (χ1) is 16.6. The van der Waals surface area contributed by atoms with Gasteiger partial charge in [0.25, 0.3) is 15.9 Å². The summed E-state index contributed by atoms with van der Waals surface area (Å²) < 4.78 is 40.9. The van der Waals surface area contributed by atoms with Gasteiger partial charge in [-0.2, -0.15) is 5.10 Å². The molecule has 0 radical (unpaired) electrons. The molecule has 3 aromatic carbocycles. The van der Waals surface area contributed by atoms with Gasteiger partial charge in [-0.25, -0.2) is 18.2 Å². The van der Waals surface area contributed by atoms with Crippen LogP contribution in [0.25, 0.3) is 0 Å². The SMILES string of the molecule is CC(=O)Nc1ccc(/C(C)=N\NC(=O)CN(c2ccc(C)cc2)S(=O)(=O)c2ccc(F)cc2)cc1. The molecule has 3 rings (SSSR count). The molecule has 3 aromatic rings. The van der Waals surface area contributed by atoms with E-state index in [1.54, 1.807) is 55.5 Å². The van der Waals surface area contributed by atoms with Gasteiger partial charge in [0, 0.05) is 12.6 Å². The molecule has 2 amide bonds. The van der Waals surface area contributed by atoms with E-state index in [-0.39, 0.29) is 16.5 Å². The lowest BCUT2D eigenvalue weighted by molar-refractivity contribution is -0.119. The fourth-order valence-corrected chi connectivity index (χ4v) is 4.56. The van der Waals surface area contributed by atoms with Gasteiger partial charge in [-0.15, -0.1) is 0 Å². The third-order valence-electron chi connectivity index (χ3n) is 4.98. The average Bonchev–Trinajstić information content (AvgIpc) is 2.82. The molecule has 35 heavy (non-hydrogen) atoms.